The fraction of sp³-hybridized carbons (Fsp3) is 0.417. The topological polar surface area (TPSA) is 106 Å². The van der Waals surface area contributed by atoms with Crippen LogP contribution in [0.4, 0.5) is 0 Å². The Hall–Kier alpha value is -2.04. The van der Waals surface area contributed by atoms with E-state index in [4.69, 9.17) is 10.6 Å². The van der Waals surface area contributed by atoms with Gasteiger partial charge in [0.1, 0.15) is 0 Å². The lowest BCUT2D eigenvalue weighted by molar-refractivity contribution is -0.142. The molecule has 1 aromatic carbocycles. The number of carboxylic acid groups (broad SMARTS) is 1. The highest BCUT2D eigenvalue weighted by atomic mass is 16.4. The van der Waals surface area contributed by atoms with Crippen LogP contribution < -0.4 is 0 Å². The average molecular weight is 249 g/mol. The molecule has 0 saturated carbocycles. The molecule has 0 aliphatic carbocycles. The number of hydrogen-bond acceptors (Lipinski definition) is 3. The van der Waals surface area contributed by atoms with Crippen molar-refractivity contribution in [3.8, 4) is 0 Å². The Morgan fingerprint density at radius 1 is 1.39 bits per heavy atom. The van der Waals surface area contributed by atoms with Crippen LogP contribution in [0.5, 0.6) is 0 Å². The number of carboxylic acids is 1. The Kier molecular flexibility index (Phi) is 5.70. The predicted molar refractivity (Wildman–Crippen MR) is 65.9 cm³/mol. The zero-order chi connectivity index (χ0) is 13.4. The van der Waals surface area contributed by atoms with Gasteiger partial charge in [0.05, 0.1) is 18.6 Å². The Bertz CT molecular complexity index is 429. The molecular formula is C12H15N3O3. The van der Waals surface area contributed by atoms with Crippen molar-refractivity contribution >= 4 is 5.97 Å². The predicted octanol–water partition coefficient (Wildman–Crippen LogP) is 1.99. The van der Waals surface area contributed by atoms with Crippen LogP contribution in [-0.4, -0.2) is 28.8 Å². The molecule has 0 bridgehead atoms. The molecular weight excluding hydrogens is 234 g/mol. The molecule has 0 spiro atoms. The summed E-state index contributed by atoms with van der Waals surface area (Å²) in [5, 5.41) is 21.9. The minimum Gasteiger partial charge on any atom is -0.481 e. The number of aliphatic hydroxyl groups is 1. The van der Waals surface area contributed by atoms with E-state index in [0.717, 1.165) is 5.56 Å². The van der Waals surface area contributed by atoms with Crippen molar-refractivity contribution in [3.05, 3.63) is 46.3 Å². The first-order valence-corrected chi connectivity index (χ1v) is 5.59. The van der Waals surface area contributed by atoms with Crippen molar-refractivity contribution in [1.29, 1.82) is 0 Å². The second kappa shape index (κ2) is 7.32. The summed E-state index contributed by atoms with van der Waals surface area (Å²) in [4.78, 5) is 13.6. The molecule has 6 heteroatoms. The van der Waals surface area contributed by atoms with Gasteiger partial charge in [-0.1, -0.05) is 35.4 Å². The van der Waals surface area contributed by atoms with E-state index in [2.05, 4.69) is 10.0 Å². The summed E-state index contributed by atoms with van der Waals surface area (Å²) in [6, 6.07) is 9.22. The summed E-state index contributed by atoms with van der Waals surface area (Å²) in [5.74, 6) is -1.64. The molecule has 0 heterocycles. The number of aliphatic carboxylic acids is 1. The minimum absolute atomic E-state index is 0.0727. The minimum atomic E-state index is -0.959. The summed E-state index contributed by atoms with van der Waals surface area (Å²) in [6.07, 6.45) is -0.502. The van der Waals surface area contributed by atoms with Gasteiger partial charge in [0.25, 0.3) is 0 Å². The molecule has 1 rings (SSSR count). The average Bonchev–Trinajstić information content (AvgIpc) is 2.36. The van der Waals surface area contributed by atoms with Crippen molar-refractivity contribution in [2.24, 2.45) is 11.0 Å². The van der Waals surface area contributed by atoms with E-state index in [1.54, 1.807) is 0 Å². The Morgan fingerprint density at radius 2 is 2.06 bits per heavy atom. The third kappa shape index (κ3) is 4.86. The zero-order valence-electron chi connectivity index (χ0n) is 9.81. The Labute approximate surface area is 105 Å². The van der Waals surface area contributed by atoms with E-state index in [9.17, 15) is 9.90 Å². The van der Waals surface area contributed by atoms with Crippen molar-refractivity contribution in [3.63, 3.8) is 0 Å². The summed E-state index contributed by atoms with van der Waals surface area (Å²) in [6.45, 7) is -0.102. The Morgan fingerprint density at radius 3 is 2.61 bits per heavy atom. The highest BCUT2D eigenvalue weighted by Crippen LogP contribution is 2.15. The number of carbonyl (C=O) groups is 1. The van der Waals surface area contributed by atoms with Gasteiger partial charge in [0.2, 0.25) is 0 Å². The number of rotatable bonds is 7. The van der Waals surface area contributed by atoms with Gasteiger partial charge in [-0.25, -0.2) is 0 Å². The van der Waals surface area contributed by atoms with Gasteiger partial charge >= 0.3 is 5.97 Å². The SMILES string of the molecule is [N-]=[N+]=NC[C@@H](O)C[C@@H](Cc1ccccc1)C(=O)O. The first-order chi connectivity index (χ1) is 8.63. The van der Waals surface area contributed by atoms with E-state index < -0.39 is 18.0 Å². The fourth-order valence-electron chi connectivity index (χ4n) is 1.70. The molecule has 0 aliphatic heterocycles. The molecule has 0 amide bonds. The van der Waals surface area contributed by atoms with Crippen LogP contribution in [0.2, 0.25) is 0 Å². The van der Waals surface area contributed by atoms with Crippen LogP contribution >= 0.6 is 0 Å². The Balaban J connectivity index is 2.60. The third-order valence-electron chi connectivity index (χ3n) is 2.59. The van der Waals surface area contributed by atoms with E-state index in [1.165, 1.54) is 0 Å². The van der Waals surface area contributed by atoms with Gasteiger partial charge in [-0.15, -0.1) is 0 Å². The summed E-state index contributed by atoms with van der Waals surface area (Å²) in [7, 11) is 0. The first-order valence-electron chi connectivity index (χ1n) is 5.59. The molecule has 0 unspecified atom stereocenters. The lowest BCUT2D eigenvalue weighted by Crippen LogP contribution is -2.24. The van der Waals surface area contributed by atoms with Crippen molar-refractivity contribution in [2.75, 3.05) is 6.54 Å². The highest BCUT2D eigenvalue weighted by molar-refractivity contribution is 5.70. The van der Waals surface area contributed by atoms with Gasteiger partial charge in [-0.2, -0.15) is 0 Å². The van der Waals surface area contributed by atoms with Crippen molar-refractivity contribution < 1.29 is 15.0 Å². The number of azide groups is 1. The van der Waals surface area contributed by atoms with Crippen LogP contribution in [0.25, 0.3) is 10.4 Å². The fourth-order valence-corrected chi connectivity index (χ4v) is 1.70. The van der Waals surface area contributed by atoms with Crippen molar-refractivity contribution in [2.45, 2.75) is 18.9 Å². The molecule has 0 aromatic heterocycles. The van der Waals surface area contributed by atoms with Crippen LogP contribution in [-0.2, 0) is 11.2 Å². The van der Waals surface area contributed by atoms with E-state index in [-0.39, 0.29) is 13.0 Å². The molecule has 96 valence electrons. The molecule has 1 aromatic rings. The molecule has 0 aliphatic rings. The molecule has 18 heavy (non-hydrogen) atoms. The summed E-state index contributed by atoms with van der Waals surface area (Å²) >= 11 is 0. The van der Waals surface area contributed by atoms with E-state index in [0.29, 0.717) is 6.42 Å². The molecule has 6 nitrogen and oxygen atoms in total. The number of hydrogen-bond donors (Lipinski definition) is 2. The maximum Gasteiger partial charge on any atom is 0.306 e. The number of benzene rings is 1. The van der Waals surface area contributed by atoms with Gasteiger partial charge in [0, 0.05) is 4.91 Å². The van der Waals surface area contributed by atoms with Crippen LogP contribution in [0.3, 0.4) is 0 Å². The number of aliphatic hydroxyl groups excluding tert-OH is 1. The second-order valence-corrected chi connectivity index (χ2v) is 4.03. The quantitative estimate of drug-likeness (QED) is 0.438. The smallest absolute Gasteiger partial charge is 0.306 e. The molecule has 0 fully saturated rings. The van der Waals surface area contributed by atoms with Gasteiger partial charge < -0.3 is 10.2 Å². The molecule has 2 N–H and O–H groups in total. The van der Waals surface area contributed by atoms with Crippen LogP contribution in [0.15, 0.2) is 35.4 Å². The summed E-state index contributed by atoms with van der Waals surface area (Å²) in [5.41, 5.74) is 9.03. The van der Waals surface area contributed by atoms with Gasteiger partial charge in [-0.05, 0) is 23.9 Å². The largest absolute Gasteiger partial charge is 0.481 e. The lowest BCUT2D eigenvalue weighted by atomic mass is 9.94. The normalized spacial score (nSPS) is 13.4. The van der Waals surface area contributed by atoms with Crippen molar-refractivity contribution in [1.82, 2.24) is 0 Å². The third-order valence-corrected chi connectivity index (χ3v) is 2.59. The standard InChI is InChI=1S/C12H15N3O3/c13-15-14-8-11(16)7-10(12(17)18)6-9-4-2-1-3-5-9/h1-5,10-11,16H,6-8H2,(H,17,18)/t10-,11+/m1/s1. The van der Waals surface area contributed by atoms with E-state index in [1.807, 2.05) is 30.3 Å². The summed E-state index contributed by atoms with van der Waals surface area (Å²) < 4.78 is 0. The first kappa shape index (κ1) is 14.0. The molecule has 2 atom stereocenters. The van der Waals surface area contributed by atoms with Crippen LogP contribution in [0.1, 0.15) is 12.0 Å². The maximum absolute atomic E-state index is 11.1. The zero-order valence-corrected chi connectivity index (χ0v) is 9.81. The monoisotopic (exact) mass is 249 g/mol. The van der Waals surface area contributed by atoms with Gasteiger partial charge in [0.15, 0.2) is 0 Å². The van der Waals surface area contributed by atoms with Gasteiger partial charge in [-0.3, -0.25) is 4.79 Å². The van der Waals surface area contributed by atoms with Crippen LogP contribution in [0, 0.1) is 5.92 Å². The van der Waals surface area contributed by atoms with E-state index >= 15 is 0 Å². The lowest BCUT2D eigenvalue weighted by Gasteiger charge is -2.15. The molecule has 0 saturated heterocycles. The maximum atomic E-state index is 11.1. The number of nitrogens with zero attached hydrogens (tertiary/aromatic N) is 3. The molecule has 0 radical (unpaired) electrons. The second-order valence-electron chi connectivity index (χ2n) is 4.03. The highest BCUT2D eigenvalue weighted by Gasteiger charge is 2.21.